The first-order valence-electron chi connectivity index (χ1n) is 4.62. The fourth-order valence-electron chi connectivity index (χ4n) is 1.41. The highest BCUT2D eigenvalue weighted by Gasteiger charge is 2.05. The lowest BCUT2D eigenvalue weighted by Gasteiger charge is -2.06. The smallest absolute Gasteiger partial charge is 0.141 e. The normalized spacial score (nSPS) is 9.75. The Hall–Kier alpha value is -2.48. The van der Waals surface area contributed by atoms with Crippen molar-refractivity contribution in [2.24, 2.45) is 0 Å². The van der Waals surface area contributed by atoms with Crippen LogP contribution in [0.15, 0.2) is 30.7 Å². The molecule has 0 aliphatic carbocycles. The number of benzene rings is 1. The van der Waals surface area contributed by atoms with Crippen LogP contribution >= 0.6 is 0 Å². The molecule has 2 rings (SSSR count). The summed E-state index contributed by atoms with van der Waals surface area (Å²) in [7, 11) is 1.53. The maximum absolute atomic E-state index is 8.85. The molecule has 2 aromatic rings. The molecular formula is C11H10N4O. The van der Waals surface area contributed by atoms with Gasteiger partial charge in [-0.2, -0.15) is 5.26 Å². The van der Waals surface area contributed by atoms with Crippen molar-refractivity contribution in [2.75, 3.05) is 12.8 Å². The van der Waals surface area contributed by atoms with Crippen molar-refractivity contribution in [2.45, 2.75) is 0 Å². The molecule has 1 heterocycles. The zero-order valence-corrected chi connectivity index (χ0v) is 8.71. The quantitative estimate of drug-likeness (QED) is 0.818. The van der Waals surface area contributed by atoms with Crippen molar-refractivity contribution in [1.29, 1.82) is 5.26 Å². The summed E-state index contributed by atoms with van der Waals surface area (Å²) in [5.74, 6) is 0.982. The zero-order valence-electron chi connectivity index (χ0n) is 8.71. The molecule has 1 aromatic carbocycles. The molecule has 0 radical (unpaired) electrons. The topological polar surface area (TPSA) is 76.9 Å². The van der Waals surface area contributed by atoms with E-state index in [2.05, 4.69) is 11.1 Å². The van der Waals surface area contributed by atoms with Gasteiger partial charge in [-0.15, -0.1) is 0 Å². The van der Waals surface area contributed by atoms with E-state index in [1.165, 1.54) is 7.11 Å². The number of ether oxygens (including phenoxy) is 1. The van der Waals surface area contributed by atoms with Gasteiger partial charge in [0, 0.05) is 6.07 Å². The van der Waals surface area contributed by atoms with E-state index in [9.17, 15) is 0 Å². The molecule has 5 heteroatoms. The van der Waals surface area contributed by atoms with Gasteiger partial charge >= 0.3 is 0 Å². The van der Waals surface area contributed by atoms with Crippen LogP contribution in [-0.4, -0.2) is 16.7 Å². The molecule has 0 fully saturated rings. The van der Waals surface area contributed by atoms with E-state index in [4.69, 9.17) is 15.7 Å². The molecule has 1 aromatic heterocycles. The lowest BCUT2D eigenvalue weighted by Crippen LogP contribution is -1.94. The maximum Gasteiger partial charge on any atom is 0.141 e. The molecule has 0 unspecified atom stereocenters. The number of hydrogen-bond donors (Lipinski definition) is 1. The molecule has 0 aliphatic heterocycles. The van der Waals surface area contributed by atoms with E-state index in [1.54, 1.807) is 29.2 Å². The first-order chi connectivity index (χ1) is 7.74. The van der Waals surface area contributed by atoms with Gasteiger partial charge in [0.05, 0.1) is 24.6 Å². The Bertz CT molecular complexity index is 553. The number of methoxy groups -OCH3 is 1. The van der Waals surface area contributed by atoms with Gasteiger partial charge in [0.2, 0.25) is 0 Å². The maximum atomic E-state index is 8.85. The molecule has 0 spiro atoms. The molecule has 0 bridgehead atoms. The lowest BCUT2D eigenvalue weighted by atomic mass is 10.2. The van der Waals surface area contributed by atoms with E-state index >= 15 is 0 Å². The Morgan fingerprint density at radius 3 is 2.88 bits per heavy atom. The molecule has 0 atom stereocenters. The molecule has 5 nitrogen and oxygen atoms in total. The molecule has 0 amide bonds. The van der Waals surface area contributed by atoms with Crippen molar-refractivity contribution in [3.05, 3.63) is 36.3 Å². The molecule has 0 aliphatic rings. The molecule has 80 valence electrons. The number of nitriles is 1. The fourth-order valence-corrected chi connectivity index (χ4v) is 1.41. The second kappa shape index (κ2) is 3.95. The van der Waals surface area contributed by atoms with Gasteiger partial charge in [-0.05, 0) is 12.1 Å². The van der Waals surface area contributed by atoms with Gasteiger partial charge in [-0.3, -0.25) is 0 Å². The Morgan fingerprint density at radius 1 is 1.50 bits per heavy atom. The number of nitrogen functional groups attached to an aromatic ring is 1. The molecule has 0 saturated carbocycles. The minimum atomic E-state index is 0.448. The van der Waals surface area contributed by atoms with Crippen molar-refractivity contribution >= 4 is 5.82 Å². The summed E-state index contributed by atoms with van der Waals surface area (Å²) in [5.41, 5.74) is 6.87. The standard InChI is InChI=1S/C11H10N4O/c1-16-10-4-9(3-2-8(10)5-12)15-6-11(13)14-7-15/h2-4,6-7H,13H2,1H3. The van der Waals surface area contributed by atoms with Crippen molar-refractivity contribution < 1.29 is 4.74 Å². The number of nitrogens with two attached hydrogens (primary N) is 1. The van der Waals surface area contributed by atoms with Crippen LogP contribution in [0.2, 0.25) is 0 Å². The monoisotopic (exact) mass is 214 g/mol. The summed E-state index contributed by atoms with van der Waals surface area (Å²) < 4.78 is 6.88. The number of anilines is 1. The minimum absolute atomic E-state index is 0.448. The van der Waals surface area contributed by atoms with Crippen molar-refractivity contribution in [1.82, 2.24) is 9.55 Å². The SMILES string of the molecule is COc1cc(-n2cnc(N)c2)ccc1C#N. The number of aromatic nitrogens is 2. The van der Waals surface area contributed by atoms with Crippen LogP contribution < -0.4 is 10.5 Å². The second-order valence-electron chi connectivity index (χ2n) is 3.20. The second-order valence-corrected chi connectivity index (χ2v) is 3.20. The average molecular weight is 214 g/mol. The third kappa shape index (κ3) is 1.68. The lowest BCUT2D eigenvalue weighted by molar-refractivity contribution is 0.413. The van der Waals surface area contributed by atoms with Crippen LogP contribution in [0.25, 0.3) is 5.69 Å². The highest BCUT2D eigenvalue weighted by Crippen LogP contribution is 2.21. The van der Waals surface area contributed by atoms with E-state index in [0.717, 1.165) is 5.69 Å². The summed E-state index contributed by atoms with van der Waals surface area (Å²) in [6.07, 6.45) is 3.30. The summed E-state index contributed by atoms with van der Waals surface area (Å²) in [6.45, 7) is 0. The van der Waals surface area contributed by atoms with E-state index < -0.39 is 0 Å². The number of imidazole rings is 1. The van der Waals surface area contributed by atoms with Crippen molar-refractivity contribution in [3.63, 3.8) is 0 Å². The largest absolute Gasteiger partial charge is 0.495 e. The van der Waals surface area contributed by atoms with Gasteiger partial charge in [0.1, 0.15) is 24.0 Å². The highest BCUT2D eigenvalue weighted by molar-refractivity contribution is 5.50. The molecule has 2 N–H and O–H groups in total. The third-order valence-electron chi connectivity index (χ3n) is 2.21. The number of rotatable bonds is 2. The predicted molar refractivity (Wildman–Crippen MR) is 59.2 cm³/mol. The summed E-state index contributed by atoms with van der Waals surface area (Å²) in [5, 5.41) is 8.85. The highest BCUT2D eigenvalue weighted by atomic mass is 16.5. The van der Waals surface area contributed by atoms with Crippen molar-refractivity contribution in [3.8, 4) is 17.5 Å². The van der Waals surface area contributed by atoms with Gasteiger partial charge in [-0.25, -0.2) is 4.98 Å². The summed E-state index contributed by atoms with van der Waals surface area (Å²) >= 11 is 0. The van der Waals surface area contributed by atoms with E-state index in [-0.39, 0.29) is 0 Å². The third-order valence-corrected chi connectivity index (χ3v) is 2.21. The van der Waals surface area contributed by atoms with Crippen LogP contribution in [0, 0.1) is 11.3 Å². The van der Waals surface area contributed by atoms with Crippen LogP contribution in [0.4, 0.5) is 5.82 Å². The van der Waals surface area contributed by atoms with Crippen LogP contribution in [-0.2, 0) is 0 Å². The fraction of sp³-hybridized carbons (Fsp3) is 0.0909. The first-order valence-corrected chi connectivity index (χ1v) is 4.62. The molecule has 0 saturated heterocycles. The average Bonchev–Trinajstić information content (AvgIpc) is 2.75. The van der Waals surface area contributed by atoms with E-state index in [1.807, 2.05) is 6.07 Å². The zero-order chi connectivity index (χ0) is 11.5. The Kier molecular flexibility index (Phi) is 2.48. The Labute approximate surface area is 92.7 Å². The van der Waals surface area contributed by atoms with Gasteiger partial charge in [0.15, 0.2) is 0 Å². The summed E-state index contributed by atoms with van der Waals surface area (Å²) in [4.78, 5) is 3.93. The van der Waals surface area contributed by atoms with Crippen LogP contribution in [0.5, 0.6) is 5.75 Å². The number of nitrogens with zero attached hydrogens (tertiary/aromatic N) is 3. The molecule has 16 heavy (non-hydrogen) atoms. The number of hydrogen-bond acceptors (Lipinski definition) is 4. The predicted octanol–water partition coefficient (Wildman–Crippen LogP) is 1.33. The van der Waals surface area contributed by atoms with Crippen LogP contribution in [0.1, 0.15) is 5.56 Å². The van der Waals surface area contributed by atoms with Crippen LogP contribution in [0.3, 0.4) is 0 Å². The summed E-state index contributed by atoms with van der Waals surface area (Å²) in [6, 6.07) is 7.33. The van der Waals surface area contributed by atoms with E-state index in [0.29, 0.717) is 17.1 Å². The van der Waals surface area contributed by atoms with Gasteiger partial charge in [-0.1, -0.05) is 0 Å². The van der Waals surface area contributed by atoms with Gasteiger partial charge in [0.25, 0.3) is 0 Å². The Morgan fingerprint density at radius 2 is 2.31 bits per heavy atom. The van der Waals surface area contributed by atoms with Gasteiger partial charge < -0.3 is 15.0 Å². The minimum Gasteiger partial charge on any atom is -0.495 e. The molecular weight excluding hydrogens is 204 g/mol. The first kappa shape index (κ1) is 10.1. The Balaban J connectivity index is 2.48.